The maximum absolute atomic E-state index is 12.9. The van der Waals surface area contributed by atoms with Crippen LogP contribution in [-0.4, -0.2) is 34.2 Å². The van der Waals surface area contributed by atoms with E-state index >= 15 is 0 Å². The van der Waals surface area contributed by atoms with Gasteiger partial charge >= 0.3 is 17.9 Å². The van der Waals surface area contributed by atoms with Crippen molar-refractivity contribution in [3.05, 3.63) is 11.6 Å². The molecule has 0 aliphatic heterocycles. The maximum Gasteiger partial charge on any atom is 0.310 e. The molecule has 0 amide bonds. The van der Waals surface area contributed by atoms with Crippen LogP contribution in [-0.2, 0) is 19.1 Å². The van der Waals surface area contributed by atoms with E-state index in [1.165, 1.54) is 0 Å². The smallest absolute Gasteiger partial charge is 0.310 e. The van der Waals surface area contributed by atoms with E-state index in [0.29, 0.717) is 18.3 Å². The van der Waals surface area contributed by atoms with Crippen molar-refractivity contribution in [2.24, 2.45) is 50.2 Å². The van der Waals surface area contributed by atoms with Crippen LogP contribution < -0.4 is 0 Å². The monoisotopic (exact) mass is 556 g/mol. The minimum absolute atomic E-state index is 0.0472. The minimum Gasteiger partial charge on any atom is -0.481 e. The van der Waals surface area contributed by atoms with Crippen LogP contribution >= 0.6 is 0 Å². The molecule has 0 bridgehead atoms. The average Bonchev–Trinajstić information content (AvgIpc) is 2.84. The van der Waals surface area contributed by atoms with Gasteiger partial charge in [-0.3, -0.25) is 14.4 Å². The Morgan fingerprint density at radius 1 is 0.800 bits per heavy atom. The third kappa shape index (κ3) is 4.20. The highest BCUT2D eigenvalue weighted by atomic mass is 16.5. The second-order valence-corrected chi connectivity index (χ2v) is 16.5. The highest BCUT2D eigenvalue weighted by molar-refractivity contribution is 5.77. The molecule has 6 heteroatoms. The van der Waals surface area contributed by atoms with Crippen molar-refractivity contribution >= 4 is 17.9 Å². The fourth-order valence-corrected chi connectivity index (χ4v) is 11.5. The molecule has 5 rings (SSSR count). The van der Waals surface area contributed by atoms with Crippen molar-refractivity contribution in [3.63, 3.8) is 0 Å². The van der Waals surface area contributed by atoms with Crippen LogP contribution in [0.15, 0.2) is 11.6 Å². The van der Waals surface area contributed by atoms with E-state index in [1.54, 1.807) is 5.57 Å². The molecule has 0 radical (unpaired) electrons. The number of carbonyl (C=O) groups is 3. The Hall–Kier alpha value is -1.85. The Balaban J connectivity index is 1.45. The highest BCUT2D eigenvalue weighted by Crippen LogP contribution is 2.75. The molecule has 0 saturated heterocycles. The quantitative estimate of drug-likeness (QED) is 0.266. The van der Waals surface area contributed by atoms with Crippen LogP contribution in [0.2, 0.25) is 0 Å². The topological polar surface area (TPSA) is 101 Å². The van der Waals surface area contributed by atoms with Gasteiger partial charge in [0.1, 0.15) is 6.10 Å². The fourth-order valence-electron chi connectivity index (χ4n) is 11.5. The van der Waals surface area contributed by atoms with E-state index < -0.39 is 23.3 Å². The molecule has 0 spiro atoms. The summed E-state index contributed by atoms with van der Waals surface area (Å²) in [5.74, 6) is -0.882. The largest absolute Gasteiger partial charge is 0.481 e. The Kier molecular flexibility index (Phi) is 6.91. The Morgan fingerprint density at radius 2 is 1.43 bits per heavy atom. The molecule has 0 unspecified atom stereocenters. The zero-order valence-corrected chi connectivity index (χ0v) is 25.9. The summed E-state index contributed by atoms with van der Waals surface area (Å²) >= 11 is 0. The number of rotatable bonds is 5. The van der Waals surface area contributed by atoms with E-state index in [0.717, 1.165) is 57.8 Å². The van der Waals surface area contributed by atoms with Gasteiger partial charge < -0.3 is 14.9 Å². The second-order valence-electron chi connectivity index (χ2n) is 16.5. The van der Waals surface area contributed by atoms with Gasteiger partial charge in [-0.1, -0.05) is 60.1 Å². The average molecular weight is 557 g/mol. The number of carboxylic acid groups (broad SMARTS) is 2. The first-order valence-electron chi connectivity index (χ1n) is 15.8. The first-order valence-corrected chi connectivity index (χ1v) is 15.8. The molecule has 40 heavy (non-hydrogen) atoms. The number of hydrogen-bond donors (Lipinski definition) is 2. The molecule has 4 saturated carbocycles. The van der Waals surface area contributed by atoms with Crippen LogP contribution in [0.5, 0.6) is 0 Å². The number of fused-ring (bicyclic) bond motifs is 7. The summed E-state index contributed by atoms with van der Waals surface area (Å²) in [7, 11) is 0. The van der Waals surface area contributed by atoms with Gasteiger partial charge in [0.25, 0.3) is 0 Å². The SMILES string of the molecule is CC1(C)CC[C@]2(C(=O)O)CC=C3[C@]4(C)CC[C@H]5C(C)(C)[C@H](OC(=O)CCC(=O)O)CC[C@]5(C)[C@H]4CC[C@@]3(C)[C@@H]2C1. The molecule has 8 atom stereocenters. The summed E-state index contributed by atoms with van der Waals surface area (Å²) in [5.41, 5.74) is 0.955. The molecule has 224 valence electrons. The van der Waals surface area contributed by atoms with Gasteiger partial charge in [0.2, 0.25) is 0 Å². The number of carboxylic acids is 2. The molecule has 5 aliphatic carbocycles. The van der Waals surface area contributed by atoms with Crippen LogP contribution in [0.4, 0.5) is 0 Å². The molecule has 0 heterocycles. The summed E-state index contributed by atoms with van der Waals surface area (Å²) in [4.78, 5) is 36.4. The first kappa shape index (κ1) is 29.6. The first-order chi connectivity index (χ1) is 18.4. The predicted molar refractivity (Wildman–Crippen MR) is 153 cm³/mol. The van der Waals surface area contributed by atoms with E-state index in [-0.39, 0.29) is 51.9 Å². The van der Waals surface area contributed by atoms with Crippen LogP contribution in [0.1, 0.15) is 126 Å². The molecule has 4 fully saturated rings. The molecule has 5 aliphatic rings. The summed E-state index contributed by atoms with van der Waals surface area (Å²) in [6.07, 6.45) is 11.5. The lowest BCUT2D eigenvalue weighted by Crippen LogP contribution is -2.64. The molecule has 0 aromatic heterocycles. The summed E-state index contributed by atoms with van der Waals surface area (Å²) in [6.45, 7) is 16.6. The summed E-state index contributed by atoms with van der Waals surface area (Å²) in [6, 6.07) is 0. The van der Waals surface area contributed by atoms with E-state index in [9.17, 15) is 19.5 Å². The maximum atomic E-state index is 12.9. The predicted octanol–water partition coefficient (Wildman–Crippen LogP) is 7.65. The van der Waals surface area contributed by atoms with E-state index in [4.69, 9.17) is 9.84 Å². The molecule has 2 N–H and O–H groups in total. The van der Waals surface area contributed by atoms with Crippen LogP contribution in [0.25, 0.3) is 0 Å². The summed E-state index contributed by atoms with van der Waals surface area (Å²) in [5, 5.41) is 19.6. The number of carbonyl (C=O) groups excluding carboxylic acids is 1. The van der Waals surface area contributed by atoms with E-state index in [1.807, 2.05) is 0 Å². The number of ether oxygens (including phenoxy) is 1. The van der Waals surface area contributed by atoms with Crippen LogP contribution in [0, 0.1) is 50.2 Å². The van der Waals surface area contributed by atoms with Gasteiger partial charge in [-0.25, -0.2) is 0 Å². The Labute approximate surface area is 240 Å². The Morgan fingerprint density at radius 3 is 2.05 bits per heavy atom. The third-order valence-corrected chi connectivity index (χ3v) is 13.5. The van der Waals surface area contributed by atoms with Crippen LogP contribution in [0.3, 0.4) is 0 Å². The third-order valence-electron chi connectivity index (χ3n) is 13.5. The van der Waals surface area contributed by atoms with Crippen molar-refractivity contribution < 1.29 is 29.3 Å². The summed E-state index contributed by atoms with van der Waals surface area (Å²) < 4.78 is 5.96. The molecule has 0 aromatic carbocycles. The lowest BCUT2D eigenvalue weighted by Gasteiger charge is -2.70. The Bertz CT molecular complexity index is 1120. The zero-order chi connectivity index (χ0) is 29.5. The lowest BCUT2D eigenvalue weighted by molar-refractivity contribution is -0.201. The fraction of sp³-hybridized carbons (Fsp3) is 0.853. The number of allylic oxidation sites excluding steroid dienone is 2. The van der Waals surface area contributed by atoms with Crippen molar-refractivity contribution in [2.75, 3.05) is 0 Å². The molecule has 6 nitrogen and oxygen atoms in total. The molecular weight excluding hydrogens is 504 g/mol. The highest BCUT2D eigenvalue weighted by Gasteiger charge is 2.68. The zero-order valence-electron chi connectivity index (χ0n) is 25.9. The van der Waals surface area contributed by atoms with Crippen molar-refractivity contribution in [3.8, 4) is 0 Å². The van der Waals surface area contributed by atoms with Crippen molar-refractivity contribution in [2.45, 2.75) is 132 Å². The van der Waals surface area contributed by atoms with Gasteiger partial charge in [0, 0.05) is 5.41 Å². The molecular formula is C34H52O6. The number of esters is 1. The van der Waals surface area contributed by atoms with Crippen molar-refractivity contribution in [1.82, 2.24) is 0 Å². The van der Waals surface area contributed by atoms with Gasteiger partial charge in [-0.2, -0.15) is 0 Å². The standard InChI is InChI=1S/C34H52O6/c1-29(2)18-19-34(28(38)39)17-12-23-32(6)14-10-21-30(3,4)25(40-27(37)9-8-26(35)36)13-16-31(21,5)22(32)11-15-33(23,7)24(34)20-29/h12,21-22,24-25H,8-11,13-20H2,1-7H3,(H,35,36)(H,38,39)/t21-,22+,24-,25+,31-,32+,33+,34+/m0/s1. The van der Waals surface area contributed by atoms with Gasteiger partial charge in [-0.15, -0.1) is 0 Å². The second kappa shape index (κ2) is 9.33. The number of aliphatic carboxylic acids is 2. The van der Waals surface area contributed by atoms with Gasteiger partial charge in [0.15, 0.2) is 0 Å². The minimum atomic E-state index is -0.974. The number of hydrogen-bond acceptors (Lipinski definition) is 4. The van der Waals surface area contributed by atoms with Gasteiger partial charge in [-0.05, 0) is 104 Å². The van der Waals surface area contributed by atoms with E-state index in [2.05, 4.69) is 54.5 Å². The normalized spacial score (nSPS) is 45.0. The van der Waals surface area contributed by atoms with Crippen molar-refractivity contribution in [1.29, 1.82) is 0 Å². The molecule has 0 aromatic rings. The van der Waals surface area contributed by atoms with Gasteiger partial charge in [0.05, 0.1) is 18.3 Å². The lowest BCUT2D eigenvalue weighted by atomic mass is 9.34.